The minimum atomic E-state index is -0.413. The van der Waals surface area contributed by atoms with E-state index in [1.54, 1.807) is 18.5 Å². The van der Waals surface area contributed by atoms with Crippen molar-refractivity contribution in [3.8, 4) is 0 Å². The number of thioether (sulfide) groups is 1. The first-order valence-corrected chi connectivity index (χ1v) is 7.50. The van der Waals surface area contributed by atoms with Crippen LogP contribution in [-0.2, 0) is 25.4 Å². The highest BCUT2D eigenvalue weighted by Crippen LogP contribution is 2.25. The van der Waals surface area contributed by atoms with Crippen molar-refractivity contribution in [2.24, 2.45) is 14.1 Å². The number of hydrogen-bond donors (Lipinski definition) is 0. The zero-order chi connectivity index (χ0) is 15.9. The van der Waals surface area contributed by atoms with Crippen LogP contribution in [0, 0.1) is 0 Å². The second-order valence-electron chi connectivity index (χ2n) is 4.89. The molecule has 21 heavy (non-hydrogen) atoms. The SMILES string of the molecule is CCn1c(S[C@@H](C)C(C)=O)nc2c1c(=O)n(C)c(=O)n2C. The summed E-state index contributed by atoms with van der Waals surface area (Å²) >= 11 is 1.30. The molecule has 2 aromatic heterocycles. The van der Waals surface area contributed by atoms with E-state index in [2.05, 4.69) is 4.98 Å². The van der Waals surface area contributed by atoms with E-state index < -0.39 is 5.69 Å². The molecule has 0 amide bonds. The lowest BCUT2D eigenvalue weighted by atomic mass is 10.3. The first kappa shape index (κ1) is 15.6. The van der Waals surface area contributed by atoms with Crippen molar-refractivity contribution >= 4 is 28.7 Å². The Morgan fingerprint density at radius 3 is 2.43 bits per heavy atom. The Bertz CT molecular complexity index is 831. The molecule has 0 bridgehead atoms. The fraction of sp³-hybridized carbons (Fsp3) is 0.538. The van der Waals surface area contributed by atoms with Crippen LogP contribution in [0.15, 0.2) is 14.7 Å². The van der Waals surface area contributed by atoms with Crippen molar-refractivity contribution in [2.45, 2.75) is 37.7 Å². The predicted molar refractivity (Wildman–Crippen MR) is 81.9 cm³/mol. The van der Waals surface area contributed by atoms with Crippen molar-refractivity contribution in [1.29, 1.82) is 0 Å². The van der Waals surface area contributed by atoms with E-state index in [-0.39, 0.29) is 16.6 Å². The number of rotatable bonds is 4. The van der Waals surface area contributed by atoms with Crippen molar-refractivity contribution < 1.29 is 4.79 Å². The zero-order valence-corrected chi connectivity index (χ0v) is 13.5. The first-order chi connectivity index (χ1) is 9.79. The van der Waals surface area contributed by atoms with Crippen LogP contribution in [0.4, 0.5) is 0 Å². The molecule has 2 rings (SSSR count). The van der Waals surface area contributed by atoms with Gasteiger partial charge in [-0.15, -0.1) is 0 Å². The molecule has 0 aromatic carbocycles. The van der Waals surface area contributed by atoms with Gasteiger partial charge in [0.15, 0.2) is 16.3 Å². The summed E-state index contributed by atoms with van der Waals surface area (Å²) in [7, 11) is 3.03. The quantitative estimate of drug-likeness (QED) is 0.769. The normalized spacial score (nSPS) is 12.8. The van der Waals surface area contributed by atoms with Crippen LogP contribution >= 0.6 is 11.8 Å². The number of ketones is 1. The summed E-state index contributed by atoms with van der Waals surface area (Å²) in [6, 6.07) is 0. The third kappa shape index (κ3) is 2.44. The van der Waals surface area contributed by atoms with E-state index in [9.17, 15) is 14.4 Å². The number of aryl methyl sites for hydroxylation is 2. The highest BCUT2D eigenvalue weighted by molar-refractivity contribution is 8.00. The van der Waals surface area contributed by atoms with E-state index in [1.165, 1.54) is 30.3 Å². The van der Waals surface area contributed by atoms with Gasteiger partial charge in [-0.05, 0) is 20.8 Å². The number of imidazole rings is 1. The summed E-state index contributed by atoms with van der Waals surface area (Å²) in [6.07, 6.45) is 0. The average molecular weight is 310 g/mol. The number of fused-ring (bicyclic) bond motifs is 1. The summed E-state index contributed by atoms with van der Waals surface area (Å²) in [5.41, 5.74) is -0.0437. The number of carbonyl (C=O) groups is 1. The van der Waals surface area contributed by atoms with Gasteiger partial charge in [-0.1, -0.05) is 11.8 Å². The lowest BCUT2D eigenvalue weighted by Gasteiger charge is -2.08. The molecular formula is C13H18N4O3S. The Kier molecular flexibility index (Phi) is 4.08. The molecule has 2 aromatic rings. The fourth-order valence-electron chi connectivity index (χ4n) is 2.05. The molecule has 114 valence electrons. The second-order valence-corrected chi connectivity index (χ2v) is 6.20. The van der Waals surface area contributed by atoms with E-state index in [0.717, 1.165) is 4.57 Å². The Morgan fingerprint density at radius 2 is 1.90 bits per heavy atom. The smallest absolute Gasteiger partial charge is 0.313 e. The number of Topliss-reactive ketones (excluding diaryl/α,β-unsaturated/α-hetero) is 1. The summed E-state index contributed by atoms with van der Waals surface area (Å²) < 4.78 is 4.17. The maximum absolute atomic E-state index is 12.3. The molecule has 0 aliphatic carbocycles. The molecule has 0 radical (unpaired) electrons. The first-order valence-electron chi connectivity index (χ1n) is 6.62. The number of carbonyl (C=O) groups excluding carboxylic acids is 1. The molecule has 0 unspecified atom stereocenters. The van der Waals surface area contributed by atoms with Gasteiger partial charge in [-0.2, -0.15) is 0 Å². The molecule has 0 aliphatic heterocycles. The average Bonchev–Trinajstić information content (AvgIpc) is 2.81. The minimum Gasteiger partial charge on any atom is -0.313 e. The zero-order valence-electron chi connectivity index (χ0n) is 12.7. The molecular weight excluding hydrogens is 292 g/mol. The van der Waals surface area contributed by atoms with Crippen LogP contribution in [0.1, 0.15) is 20.8 Å². The van der Waals surface area contributed by atoms with Gasteiger partial charge in [0.2, 0.25) is 0 Å². The summed E-state index contributed by atoms with van der Waals surface area (Å²) in [6.45, 7) is 5.75. The van der Waals surface area contributed by atoms with Gasteiger partial charge in [0.1, 0.15) is 5.78 Å². The molecule has 0 spiro atoms. The van der Waals surface area contributed by atoms with E-state index >= 15 is 0 Å². The number of aromatic nitrogens is 4. The van der Waals surface area contributed by atoms with Crippen LogP contribution in [0.25, 0.3) is 11.2 Å². The summed E-state index contributed by atoms with van der Waals surface area (Å²) in [4.78, 5) is 40.1. The van der Waals surface area contributed by atoms with Crippen LogP contribution in [-0.4, -0.2) is 29.7 Å². The number of hydrogen-bond acceptors (Lipinski definition) is 5. The van der Waals surface area contributed by atoms with Crippen LogP contribution in [0.3, 0.4) is 0 Å². The topological polar surface area (TPSA) is 78.9 Å². The molecule has 2 heterocycles. The second kappa shape index (κ2) is 5.51. The Balaban J connectivity index is 2.79. The molecule has 0 saturated heterocycles. The highest BCUT2D eigenvalue weighted by atomic mass is 32.2. The molecule has 0 saturated carbocycles. The lowest BCUT2D eigenvalue weighted by molar-refractivity contribution is -0.116. The van der Waals surface area contributed by atoms with E-state index in [0.29, 0.717) is 22.9 Å². The molecule has 1 atom stereocenters. The van der Waals surface area contributed by atoms with Crippen molar-refractivity contribution in [1.82, 2.24) is 18.7 Å². The van der Waals surface area contributed by atoms with Crippen LogP contribution < -0.4 is 11.2 Å². The van der Waals surface area contributed by atoms with Gasteiger partial charge in [0.05, 0.1) is 5.25 Å². The van der Waals surface area contributed by atoms with Gasteiger partial charge in [0, 0.05) is 20.6 Å². The van der Waals surface area contributed by atoms with Crippen molar-refractivity contribution in [2.75, 3.05) is 0 Å². The highest BCUT2D eigenvalue weighted by Gasteiger charge is 2.21. The van der Waals surface area contributed by atoms with Gasteiger partial charge < -0.3 is 4.57 Å². The van der Waals surface area contributed by atoms with Gasteiger partial charge in [-0.3, -0.25) is 18.7 Å². The van der Waals surface area contributed by atoms with Crippen molar-refractivity contribution in [3.05, 3.63) is 20.8 Å². The Morgan fingerprint density at radius 1 is 1.29 bits per heavy atom. The van der Waals surface area contributed by atoms with Gasteiger partial charge >= 0.3 is 5.69 Å². The van der Waals surface area contributed by atoms with Crippen LogP contribution in [0.2, 0.25) is 0 Å². The van der Waals surface area contributed by atoms with E-state index in [1.807, 2.05) is 6.92 Å². The predicted octanol–water partition coefficient (Wildman–Crippen LogP) is 0.523. The van der Waals surface area contributed by atoms with E-state index in [4.69, 9.17) is 0 Å². The Hall–Kier alpha value is -1.83. The molecule has 8 heteroatoms. The molecule has 7 nitrogen and oxygen atoms in total. The summed E-state index contributed by atoms with van der Waals surface area (Å²) in [5, 5.41) is 0.321. The standard InChI is InChI=1S/C13H18N4O3S/c1-6-17-9-10(14-12(17)21-8(3)7(2)18)15(4)13(20)16(5)11(9)19/h8H,6H2,1-5H3/t8-/m0/s1. The molecule has 0 aliphatic rings. The molecule has 0 N–H and O–H groups in total. The minimum absolute atomic E-state index is 0.0384. The largest absolute Gasteiger partial charge is 0.332 e. The lowest BCUT2D eigenvalue weighted by Crippen LogP contribution is -2.37. The number of nitrogens with zero attached hydrogens (tertiary/aromatic N) is 4. The van der Waals surface area contributed by atoms with Crippen LogP contribution in [0.5, 0.6) is 0 Å². The maximum Gasteiger partial charge on any atom is 0.332 e. The Labute approximate surface area is 125 Å². The van der Waals surface area contributed by atoms with Gasteiger partial charge in [-0.25, -0.2) is 9.78 Å². The maximum atomic E-state index is 12.3. The van der Waals surface area contributed by atoms with Crippen molar-refractivity contribution in [3.63, 3.8) is 0 Å². The third-order valence-electron chi connectivity index (χ3n) is 3.48. The summed E-state index contributed by atoms with van der Waals surface area (Å²) in [5.74, 6) is 0.0384. The molecule has 0 fully saturated rings. The fourth-order valence-corrected chi connectivity index (χ4v) is 3.02. The van der Waals surface area contributed by atoms with Gasteiger partial charge in [0.25, 0.3) is 5.56 Å². The third-order valence-corrected chi connectivity index (χ3v) is 4.69. The monoisotopic (exact) mass is 310 g/mol.